The predicted molar refractivity (Wildman–Crippen MR) is 149 cm³/mol. The molecule has 2 heterocycles. The van der Waals surface area contributed by atoms with E-state index in [4.69, 9.17) is 11.5 Å². The number of aromatic nitrogens is 1. The van der Waals surface area contributed by atoms with Crippen LogP contribution in [0.15, 0.2) is 30.5 Å². The summed E-state index contributed by atoms with van der Waals surface area (Å²) in [5.74, 6) is -2.39. The maximum absolute atomic E-state index is 13.7. The minimum Gasteiger partial charge on any atom is -0.480 e. The van der Waals surface area contributed by atoms with Crippen molar-refractivity contribution in [1.29, 1.82) is 0 Å². The number of likely N-dealkylation sites (tertiary alicyclic amines) is 1. The number of carboxylic acid groups (broad SMARTS) is 1. The SMILES string of the molecule is CC(C)CC(NC(=O)C(Cc1c[nH]c2ccccc12)NC(=O)C(N)CCCCN)C(=O)N1CCCC1C(=O)O. The Labute approximate surface area is 229 Å². The van der Waals surface area contributed by atoms with Gasteiger partial charge in [0.1, 0.15) is 18.1 Å². The van der Waals surface area contributed by atoms with Gasteiger partial charge in [-0.3, -0.25) is 14.4 Å². The predicted octanol–water partition coefficient (Wildman–Crippen LogP) is 1.26. The zero-order chi connectivity index (χ0) is 28.5. The van der Waals surface area contributed by atoms with Gasteiger partial charge in [0, 0.05) is 30.1 Å². The van der Waals surface area contributed by atoms with Crippen LogP contribution in [0.5, 0.6) is 0 Å². The van der Waals surface area contributed by atoms with Crippen molar-refractivity contribution in [3.8, 4) is 0 Å². The molecule has 39 heavy (non-hydrogen) atoms. The number of aromatic amines is 1. The summed E-state index contributed by atoms with van der Waals surface area (Å²) in [5, 5.41) is 16.1. The van der Waals surface area contributed by atoms with Gasteiger partial charge in [-0.25, -0.2) is 4.79 Å². The molecule has 1 saturated heterocycles. The average molecular weight is 543 g/mol. The molecular weight excluding hydrogens is 500 g/mol. The number of nitrogens with zero attached hydrogens (tertiary/aromatic N) is 1. The van der Waals surface area contributed by atoms with Crippen LogP contribution in [-0.2, 0) is 25.6 Å². The third kappa shape index (κ3) is 8.03. The molecule has 4 atom stereocenters. The summed E-state index contributed by atoms with van der Waals surface area (Å²) in [4.78, 5) is 56.3. The maximum atomic E-state index is 13.7. The molecule has 214 valence electrons. The van der Waals surface area contributed by atoms with Crippen molar-refractivity contribution < 1.29 is 24.3 Å². The number of fused-ring (bicyclic) bond motifs is 1. The normalized spacial score (nSPS) is 17.7. The highest BCUT2D eigenvalue weighted by Crippen LogP contribution is 2.22. The van der Waals surface area contributed by atoms with Crippen LogP contribution in [0.25, 0.3) is 10.9 Å². The Kier molecular flexibility index (Phi) is 10.9. The Balaban J connectivity index is 1.82. The number of hydrogen-bond acceptors (Lipinski definition) is 6. The van der Waals surface area contributed by atoms with Gasteiger partial charge in [-0.05, 0) is 56.2 Å². The Morgan fingerprint density at radius 2 is 1.82 bits per heavy atom. The van der Waals surface area contributed by atoms with Gasteiger partial charge >= 0.3 is 5.97 Å². The van der Waals surface area contributed by atoms with Crippen LogP contribution in [0.4, 0.5) is 0 Å². The molecule has 1 fully saturated rings. The topological polar surface area (TPSA) is 184 Å². The largest absolute Gasteiger partial charge is 0.480 e. The quantitative estimate of drug-likeness (QED) is 0.194. The van der Waals surface area contributed by atoms with E-state index in [9.17, 15) is 24.3 Å². The molecule has 0 bridgehead atoms. The summed E-state index contributed by atoms with van der Waals surface area (Å²) >= 11 is 0. The fraction of sp³-hybridized carbons (Fsp3) is 0.571. The first kappa shape index (κ1) is 30.1. The van der Waals surface area contributed by atoms with E-state index >= 15 is 0 Å². The van der Waals surface area contributed by atoms with E-state index in [1.807, 2.05) is 38.1 Å². The molecule has 1 aromatic carbocycles. The van der Waals surface area contributed by atoms with Gasteiger partial charge in [-0.15, -0.1) is 0 Å². The standard InChI is InChI=1S/C28H42N6O5/c1-17(2)14-23(27(37)34-13-7-11-24(34)28(38)39)33-26(36)22(32-25(35)20(30)9-5-6-12-29)15-18-16-31-21-10-4-3-8-19(18)21/h3-4,8,10,16-17,20,22-24,31H,5-7,9,11-15,29-30H2,1-2H3,(H,32,35)(H,33,36)(H,38,39). The number of hydrogen-bond donors (Lipinski definition) is 6. The maximum Gasteiger partial charge on any atom is 0.326 e. The zero-order valence-corrected chi connectivity index (χ0v) is 22.8. The van der Waals surface area contributed by atoms with Crippen molar-refractivity contribution in [1.82, 2.24) is 20.5 Å². The lowest BCUT2D eigenvalue weighted by atomic mass is 9.99. The van der Waals surface area contributed by atoms with Crippen LogP contribution in [0.1, 0.15) is 57.9 Å². The molecule has 1 aliphatic heterocycles. The van der Waals surface area contributed by atoms with E-state index in [2.05, 4.69) is 15.6 Å². The van der Waals surface area contributed by atoms with E-state index in [1.165, 1.54) is 4.90 Å². The number of unbranched alkanes of at least 4 members (excludes halogenated alkanes) is 1. The molecule has 8 N–H and O–H groups in total. The summed E-state index contributed by atoms with van der Waals surface area (Å²) in [6.45, 7) is 4.69. The Morgan fingerprint density at radius 3 is 2.51 bits per heavy atom. The van der Waals surface area contributed by atoms with Crippen LogP contribution in [0.2, 0.25) is 0 Å². The fourth-order valence-corrected chi connectivity index (χ4v) is 5.10. The van der Waals surface area contributed by atoms with E-state index in [-0.39, 0.29) is 12.3 Å². The van der Waals surface area contributed by atoms with Gasteiger partial charge < -0.3 is 37.1 Å². The van der Waals surface area contributed by atoms with Gasteiger partial charge in [-0.2, -0.15) is 0 Å². The summed E-state index contributed by atoms with van der Waals surface area (Å²) in [6.07, 6.45) is 5.15. The molecule has 11 nitrogen and oxygen atoms in total. The molecule has 3 rings (SSSR count). The number of carboxylic acids is 1. The molecule has 1 aromatic heterocycles. The molecule has 0 radical (unpaired) electrons. The van der Waals surface area contributed by atoms with Crippen LogP contribution in [0.3, 0.4) is 0 Å². The van der Waals surface area contributed by atoms with Gasteiger partial charge in [0.2, 0.25) is 17.7 Å². The third-order valence-corrected chi connectivity index (χ3v) is 7.18. The number of aliphatic carboxylic acids is 1. The monoisotopic (exact) mass is 542 g/mol. The number of rotatable bonds is 14. The minimum atomic E-state index is -1.05. The number of para-hydroxylation sites is 1. The van der Waals surface area contributed by atoms with Crippen LogP contribution in [-0.4, -0.2) is 75.9 Å². The van der Waals surface area contributed by atoms with Crippen molar-refractivity contribution >= 4 is 34.6 Å². The molecule has 4 unspecified atom stereocenters. The van der Waals surface area contributed by atoms with Crippen molar-refractivity contribution in [2.24, 2.45) is 17.4 Å². The number of amides is 3. The molecule has 1 aliphatic rings. The first-order valence-electron chi connectivity index (χ1n) is 13.8. The smallest absolute Gasteiger partial charge is 0.326 e. The lowest BCUT2D eigenvalue weighted by Crippen LogP contribution is -2.57. The Bertz CT molecular complexity index is 1150. The summed E-state index contributed by atoms with van der Waals surface area (Å²) < 4.78 is 0. The fourth-order valence-electron chi connectivity index (χ4n) is 5.10. The summed E-state index contributed by atoms with van der Waals surface area (Å²) in [7, 11) is 0. The number of carbonyl (C=O) groups excluding carboxylic acids is 3. The molecule has 3 amide bonds. The first-order chi connectivity index (χ1) is 18.6. The van der Waals surface area contributed by atoms with E-state index in [1.54, 1.807) is 6.20 Å². The first-order valence-corrected chi connectivity index (χ1v) is 13.8. The van der Waals surface area contributed by atoms with Crippen molar-refractivity contribution in [3.05, 3.63) is 36.0 Å². The number of H-pyrrole nitrogens is 1. The molecule has 2 aromatic rings. The average Bonchev–Trinajstić information content (AvgIpc) is 3.55. The second-order valence-electron chi connectivity index (χ2n) is 10.7. The van der Waals surface area contributed by atoms with Crippen LogP contribution >= 0.6 is 0 Å². The number of nitrogens with two attached hydrogens (primary N) is 2. The zero-order valence-electron chi connectivity index (χ0n) is 22.8. The van der Waals surface area contributed by atoms with E-state index in [0.29, 0.717) is 45.2 Å². The highest BCUT2D eigenvalue weighted by atomic mass is 16.4. The van der Waals surface area contributed by atoms with Gasteiger partial charge in [-0.1, -0.05) is 38.5 Å². The molecular formula is C28H42N6O5. The van der Waals surface area contributed by atoms with E-state index in [0.717, 1.165) is 22.9 Å². The van der Waals surface area contributed by atoms with Crippen molar-refractivity contribution in [2.75, 3.05) is 13.1 Å². The van der Waals surface area contributed by atoms with Gasteiger partial charge in [0.15, 0.2) is 0 Å². The minimum absolute atomic E-state index is 0.0581. The van der Waals surface area contributed by atoms with Gasteiger partial charge in [0.25, 0.3) is 0 Å². The molecule has 0 saturated carbocycles. The lowest BCUT2D eigenvalue weighted by Gasteiger charge is -2.29. The van der Waals surface area contributed by atoms with Gasteiger partial charge in [0.05, 0.1) is 6.04 Å². The lowest BCUT2D eigenvalue weighted by molar-refractivity contribution is -0.149. The number of carbonyl (C=O) groups is 4. The van der Waals surface area contributed by atoms with E-state index < -0.39 is 47.9 Å². The van der Waals surface area contributed by atoms with Crippen LogP contribution < -0.4 is 22.1 Å². The van der Waals surface area contributed by atoms with Crippen LogP contribution in [0, 0.1) is 5.92 Å². The highest BCUT2D eigenvalue weighted by Gasteiger charge is 2.38. The highest BCUT2D eigenvalue weighted by molar-refractivity contribution is 5.95. The second kappa shape index (κ2) is 14.1. The molecule has 11 heteroatoms. The Morgan fingerprint density at radius 1 is 1.10 bits per heavy atom. The number of benzene rings is 1. The molecule has 0 aliphatic carbocycles. The number of nitrogens with one attached hydrogen (secondary N) is 3. The third-order valence-electron chi connectivity index (χ3n) is 7.18. The van der Waals surface area contributed by atoms with Crippen molar-refractivity contribution in [2.45, 2.75) is 83.0 Å². The molecule has 0 spiro atoms. The second-order valence-corrected chi connectivity index (χ2v) is 10.7. The summed E-state index contributed by atoms with van der Waals surface area (Å²) in [5.41, 5.74) is 13.4. The van der Waals surface area contributed by atoms with Crippen molar-refractivity contribution in [3.63, 3.8) is 0 Å². The Hall–Kier alpha value is -3.44. The summed E-state index contributed by atoms with van der Waals surface area (Å²) in [6, 6.07) is 4.03.